The van der Waals surface area contributed by atoms with E-state index in [1.54, 1.807) is 0 Å². The summed E-state index contributed by atoms with van der Waals surface area (Å²) in [6, 6.07) is 13.7. The maximum Gasteiger partial charge on any atom is 0.191 e. The zero-order valence-electron chi connectivity index (χ0n) is 18.3. The molecule has 1 fully saturated rings. The van der Waals surface area contributed by atoms with E-state index in [0.717, 1.165) is 64.2 Å². The third kappa shape index (κ3) is 6.66. The Hall–Kier alpha value is -1.16. The molecule has 0 amide bonds. The van der Waals surface area contributed by atoms with Crippen LogP contribution in [0.5, 0.6) is 0 Å². The van der Waals surface area contributed by atoms with Crippen molar-refractivity contribution >= 4 is 41.3 Å². The maximum atomic E-state index is 9.79. The number of aliphatic imine (C=N–C) groups is 1. The van der Waals surface area contributed by atoms with Crippen LogP contribution in [0.4, 0.5) is 0 Å². The SMILES string of the molecule is CCNC(=NCC(c1ccccc1)N1CCc2sccc2C1)NC1CCC(O)CC1.I. The number of halogens is 1. The third-order valence-corrected chi connectivity index (χ3v) is 7.29. The number of aliphatic hydroxyl groups is 1. The number of thiophene rings is 1. The van der Waals surface area contributed by atoms with E-state index in [1.807, 2.05) is 11.3 Å². The minimum atomic E-state index is -0.133. The third-order valence-electron chi connectivity index (χ3n) is 6.27. The quantitative estimate of drug-likeness (QED) is 0.283. The van der Waals surface area contributed by atoms with Crippen LogP contribution in [0.25, 0.3) is 0 Å². The first kappa shape index (κ1) is 24.5. The molecule has 1 atom stereocenters. The minimum absolute atomic E-state index is 0. The Morgan fingerprint density at radius 2 is 1.97 bits per heavy atom. The number of nitrogens with one attached hydrogen (secondary N) is 2. The van der Waals surface area contributed by atoms with Crippen LogP contribution in [-0.4, -0.2) is 47.7 Å². The van der Waals surface area contributed by atoms with Gasteiger partial charge in [-0.15, -0.1) is 35.3 Å². The van der Waals surface area contributed by atoms with Crippen LogP contribution in [-0.2, 0) is 13.0 Å². The summed E-state index contributed by atoms with van der Waals surface area (Å²) in [4.78, 5) is 9.13. The van der Waals surface area contributed by atoms with Gasteiger partial charge in [-0.2, -0.15) is 0 Å². The van der Waals surface area contributed by atoms with Crippen molar-refractivity contribution in [2.45, 2.75) is 63.8 Å². The van der Waals surface area contributed by atoms with Crippen LogP contribution in [0.1, 0.15) is 54.7 Å². The van der Waals surface area contributed by atoms with Crippen molar-refractivity contribution < 1.29 is 5.11 Å². The molecule has 5 nitrogen and oxygen atoms in total. The molecule has 0 radical (unpaired) electrons. The van der Waals surface area contributed by atoms with Gasteiger partial charge < -0.3 is 15.7 Å². The van der Waals surface area contributed by atoms with Gasteiger partial charge >= 0.3 is 0 Å². The lowest BCUT2D eigenvalue weighted by atomic mass is 9.93. The molecule has 31 heavy (non-hydrogen) atoms. The number of nitrogens with zero attached hydrogens (tertiary/aromatic N) is 2. The normalized spacial score (nSPS) is 22.8. The molecule has 170 valence electrons. The molecule has 1 aromatic carbocycles. The van der Waals surface area contributed by atoms with Crippen LogP contribution in [0.3, 0.4) is 0 Å². The number of guanidine groups is 1. The van der Waals surface area contributed by atoms with Gasteiger partial charge in [-0.1, -0.05) is 30.3 Å². The Labute approximate surface area is 207 Å². The van der Waals surface area contributed by atoms with Gasteiger partial charge in [-0.05, 0) is 61.6 Å². The zero-order valence-corrected chi connectivity index (χ0v) is 21.4. The molecule has 1 aromatic heterocycles. The first-order chi connectivity index (χ1) is 14.7. The first-order valence-electron chi connectivity index (χ1n) is 11.3. The van der Waals surface area contributed by atoms with E-state index in [0.29, 0.717) is 6.04 Å². The predicted molar refractivity (Wildman–Crippen MR) is 140 cm³/mol. The summed E-state index contributed by atoms with van der Waals surface area (Å²) in [7, 11) is 0. The molecule has 1 aliphatic heterocycles. The Kier molecular flexibility index (Phi) is 9.62. The van der Waals surface area contributed by atoms with Crippen molar-refractivity contribution in [2.75, 3.05) is 19.6 Å². The molecule has 2 aromatic rings. The van der Waals surface area contributed by atoms with E-state index in [4.69, 9.17) is 4.99 Å². The average Bonchev–Trinajstić information content (AvgIpc) is 3.24. The molecule has 3 N–H and O–H groups in total. The maximum absolute atomic E-state index is 9.79. The van der Waals surface area contributed by atoms with Gasteiger partial charge in [0.25, 0.3) is 0 Å². The summed E-state index contributed by atoms with van der Waals surface area (Å²) < 4.78 is 0. The van der Waals surface area contributed by atoms with Crippen LogP contribution in [0.2, 0.25) is 0 Å². The molecule has 0 saturated heterocycles. The molecule has 4 rings (SSSR count). The second-order valence-electron chi connectivity index (χ2n) is 8.39. The fraction of sp³-hybridized carbons (Fsp3) is 0.542. The second-order valence-corrected chi connectivity index (χ2v) is 9.39. The number of benzene rings is 1. The Morgan fingerprint density at radius 1 is 1.19 bits per heavy atom. The van der Waals surface area contributed by atoms with Crippen LogP contribution in [0, 0.1) is 0 Å². The van der Waals surface area contributed by atoms with Gasteiger partial charge in [-0.25, -0.2) is 0 Å². The lowest BCUT2D eigenvalue weighted by Crippen LogP contribution is -2.45. The molecule has 0 spiro atoms. The highest BCUT2D eigenvalue weighted by molar-refractivity contribution is 14.0. The van der Waals surface area contributed by atoms with E-state index in [-0.39, 0.29) is 36.1 Å². The topological polar surface area (TPSA) is 59.9 Å². The molecule has 1 saturated carbocycles. The van der Waals surface area contributed by atoms with E-state index < -0.39 is 0 Å². The van der Waals surface area contributed by atoms with Crippen molar-refractivity contribution in [1.29, 1.82) is 0 Å². The second kappa shape index (κ2) is 12.2. The molecular weight excluding hydrogens is 519 g/mol. The Balaban J connectivity index is 0.00000272. The fourth-order valence-electron chi connectivity index (χ4n) is 4.55. The molecular formula is C24H35IN4OS. The van der Waals surface area contributed by atoms with Crippen molar-refractivity contribution in [3.05, 3.63) is 57.8 Å². The van der Waals surface area contributed by atoms with Gasteiger partial charge in [-0.3, -0.25) is 9.89 Å². The number of hydrogen-bond acceptors (Lipinski definition) is 4. The van der Waals surface area contributed by atoms with E-state index in [2.05, 4.69) is 64.2 Å². The summed E-state index contributed by atoms with van der Waals surface area (Å²) in [6.07, 6.45) is 4.75. The number of aliphatic hydroxyl groups excluding tert-OH is 1. The standard InChI is InChI=1S/C24H34N4OS.HI/c1-2-25-24(27-20-8-10-21(29)11-9-20)26-16-22(18-6-4-3-5-7-18)28-14-12-23-19(17-28)13-15-30-23;/h3-7,13,15,20-22,29H,2,8-12,14,16-17H2,1H3,(H2,25,26,27);1H. The van der Waals surface area contributed by atoms with Crippen LogP contribution in [0.15, 0.2) is 46.8 Å². The van der Waals surface area contributed by atoms with E-state index >= 15 is 0 Å². The summed E-state index contributed by atoms with van der Waals surface area (Å²) in [6.45, 7) is 5.76. The van der Waals surface area contributed by atoms with Gasteiger partial charge in [0.2, 0.25) is 0 Å². The minimum Gasteiger partial charge on any atom is -0.393 e. The van der Waals surface area contributed by atoms with Crippen molar-refractivity contribution in [3.63, 3.8) is 0 Å². The summed E-state index contributed by atoms with van der Waals surface area (Å²) in [5, 5.41) is 19.0. The van der Waals surface area contributed by atoms with Gasteiger partial charge in [0.05, 0.1) is 18.7 Å². The lowest BCUT2D eigenvalue weighted by molar-refractivity contribution is 0.120. The summed E-state index contributed by atoms with van der Waals surface area (Å²) in [5.74, 6) is 0.896. The van der Waals surface area contributed by atoms with E-state index in [9.17, 15) is 5.11 Å². The highest BCUT2D eigenvalue weighted by Crippen LogP contribution is 2.30. The first-order valence-corrected chi connectivity index (χ1v) is 12.2. The zero-order chi connectivity index (χ0) is 20.8. The van der Waals surface area contributed by atoms with Gasteiger partial charge in [0.1, 0.15) is 0 Å². The number of rotatable bonds is 6. The Bertz CT molecular complexity index is 820. The number of hydrogen-bond donors (Lipinski definition) is 3. The van der Waals surface area contributed by atoms with E-state index in [1.165, 1.54) is 16.0 Å². The molecule has 7 heteroatoms. The summed E-state index contributed by atoms with van der Waals surface area (Å²) >= 11 is 1.89. The predicted octanol–water partition coefficient (Wildman–Crippen LogP) is 4.32. The molecule has 1 aliphatic carbocycles. The fourth-order valence-corrected chi connectivity index (χ4v) is 5.44. The van der Waals surface area contributed by atoms with Crippen molar-refractivity contribution in [2.24, 2.45) is 4.99 Å². The number of fused-ring (bicyclic) bond motifs is 1. The molecule has 1 unspecified atom stereocenters. The molecule has 2 heterocycles. The lowest BCUT2D eigenvalue weighted by Gasteiger charge is -2.34. The van der Waals surface area contributed by atoms with Crippen molar-refractivity contribution in [1.82, 2.24) is 15.5 Å². The van der Waals surface area contributed by atoms with Crippen molar-refractivity contribution in [3.8, 4) is 0 Å². The Morgan fingerprint density at radius 3 is 2.71 bits per heavy atom. The molecule has 2 aliphatic rings. The monoisotopic (exact) mass is 554 g/mol. The van der Waals surface area contributed by atoms with Crippen LogP contribution >= 0.6 is 35.3 Å². The highest BCUT2D eigenvalue weighted by Gasteiger charge is 2.26. The largest absolute Gasteiger partial charge is 0.393 e. The highest BCUT2D eigenvalue weighted by atomic mass is 127. The molecule has 0 bridgehead atoms. The van der Waals surface area contributed by atoms with Crippen LogP contribution < -0.4 is 10.6 Å². The van der Waals surface area contributed by atoms with Gasteiger partial charge in [0.15, 0.2) is 5.96 Å². The smallest absolute Gasteiger partial charge is 0.191 e. The summed E-state index contributed by atoms with van der Waals surface area (Å²) in [5.41, 5.74) is 2.80. The average molecular weight is 555 g/mol. The van der Waals surface area contributed by atoms with Gasteiger partial charge in [0, 0.05) is 30.6 Å².